The summed E-state index contributed by atoms with van der Waals surface area (Å²) < 4.78 is 34.4. The van der Waals surface area contributed by atoms with Crippen LogP contribution in [0, 0.1) is 0 Å². The van der Waals surface area contributed by atoms with Crippen molar-refractivity contribution < 1.29 is 22.7 Å². The molecule has 0 aliphatic heterocycles. The van der Waals surface area contributed by atoms with Crippen LogP contribution < -0.4 is 14.4 Å². The van der Waals surface area contributed by atoms with Crippen molar-refractivity contribution in [2.24, 2.45) is 0 Å². The summed E-state index contributed by atoms with van der Waals surface area (Å²) in [6.45, 7) is 7.25. The third kappa shape index (κ3) is 8.18. The predicted octanol–water partition coefficient (Wildman–Crippen LogP) is 6.31. The lowest BCUT2D eigenvalue weighted by Gasteiger charge is -2.34. The van der Waals surface area contributed by atoms with Crippen molar-refractivity contribution in [2.45, 2.75) is 64.1 Å². The maximum atomic E-state index is 14.2. The van der Waals surface area contributed by atoms with Crippen LogP contribution in [-0.2, 0) is 26.2 Å². The van der Waals surface area contributed by atoms with E-state index in [-0.39, 0.29) is 35.5 Å². The zero-order chi connectivity index (χ0) is 30.9. The number of anilines is 1. The number of hydrogen-bond donors (Lipinski definition) is 1. The van der Waals surface area contributed by atoms with E-state index in [4.69, 9.17) is 27.9 Å². The Morgan fingerprint density at radius 3 is 2.05 bits per heavy atom. The van der Waals surface area contributed by atoms with E-state index >= 15 is 0 Å². The van der Waals surface area contributed by atoms with Gasteiger partial charge in [0, 0.05) is 28.2 Å². The molecule has 1 N–H and O–H groups in total. The largest absolute Gasteiger partial charge is 0.494 e. The van der Waals surface area contributed by atoms with Crippen molar-refractivity contribution >= 4 is 50.7 Å². The van der Waals surface area contributed by atoms with Gasteiger partial charge in [-0.15, -0.1) is 0 Å². The van der Waals surface area contributed by atoms with Gasteiger partial charge in [-0.3, -0.25) is 13.9 Å². The highest BCUT2D eigenvalue weighted by Gasteiger charge is 2.34. The lowest BCUT2D eigenvalue weighted by atomic mass is 10.1. The van der Waals surface area contributed by atoms with Gasteiger partial charge >= 0.3 is 0 Å². The molecule has 0 saturated carbocycles. The third-order valence-corrected chi connectivity index (χ3v) is 9.32. The first-order valence-corrected chi connectivity index (χ1v) is 16.1. The van der Waals surface area contributed by atoms with Crippen molar-refractivity contribution in [1.29, 1.82) is 0 Å². The highest BCUT2D eigenvalue weighted by Crippen LogP contribution is 2.29. The van der Waals surface area contributed by atoms with Gasteiger partial charge in [0.25, 0.3) is 10.0 Å². The lowest BCUT2D eigenvalue weighted by Crippen LogP contribution is -2.53. The van der Waals surface area contributed by atoms with Crippen LogP contribution in [0.3, 0.4) is 0 Å². The average molecular weight is 635 g/mol. The van der Waals surface area contributed by atoms with Crippen molar-refractivity contribution in [3.8, 4) is 5.75 Å². The summed E-state index contributed by atoms with van der Waals surface area (Å²) in [5.41, 5.74) is 0.728. The van der Waals surface area contributed by atoms with E-state index in [1.54, 1.807) is 67.6 Å². The fourth-order valence-corrected chi connectivity index (χ4v) is 6.29. The predicted molar refractivity (Wildman–Crippen MR) is 168 cm³/mol. The molecule has 2 atom stereocenters. The van der Waals surface area contributed by atoms with Crippen LogP contribution >= 0.6 is 23.2 Å². The van der Waals surface area contributed by atoms with Gasteiger partial charge in [-0.2, -0.15) is 0 Å². The van der Waals surface area contributed by atoms with Crippen molar-refractivity contribution in [2.75, 3.05) is 17.5 Å². The molecule has 0 fully saturated rings. The summed E-state index contributed by atoms with van der Waals surface area (Å²) in [5, 5.41) is 3.61. The zero-order valence-corrected chi connectivity index (χ0v) is 26.5. The van der Waals surface area contributed by atoms with E-state index in [0.717, 1.165) is 4.31 Å². The minimum Gasteiger partial charge on any atom is -0.494 e. The minimum atomic E-state index is -4.18. The number of ether oxygens (including phenoxy) is 1. The van der Waals surface area contributed by atoms with Crippen LogP contribution in [0.2, 0.25) is 10.0 Å². The molecule has 11 heteroatoms. The first-order chi connectivity index (χ1) is 20.0. The van der Waals surface area contributed by atoms with Crippen molar-refractivity contribution in [3.63, 3.8) is 0 Å². The van der Waals surface area contributed by atoms with Gasteiger partial charge in [0.2, 0.25) is 11.8 Å². The maximum Gasteiger partial charge on any atom is 0.264 e. The molecule has 0 aromatic heterocycles. The maximum absolute atomic E-state index is 14.2. The molecular weight excluding hydrogens is 597 g/mol. The van der Waals surface area contributed by atoms with Crippen LogP contribution in [0.1, 0.15) is 46.1 Å². The Kier molecular flexibility index (Phi) is 12.1. The number of nitrogens with one attached hydrogen (secondary N) is 1. The molecule has 0 radical (unpaired) electrons. The molecule has 0 bridgehead atoms. The average Bonchev–Trinajstić information content (AvgIpc) is 2.98. The molecule has 3 rings (SSSR count). The van der Waals surface area contributed by atoms with Crippen LogP contribution in [0.5, 0.6) is 5.75 Å². The first kappa shape index (κ1) is 33.2. The van der Waals surface area contributed by atoms with Gasteiger partial charge in [-0.1, -0.05) is 61.3 Å². The highest BCUT2D eigenvalue weighted by molar-refractivity contribution is 7.92. The topological polar surface area (TPSA) is 96.0 Å². The smallest absolute Gasteiger partial charge is 0.264 e. The summed E-state index contributed by atoms with van der Waals surface area (Å²) in [5.74, 6) is -0.375. The van der Waals surface area contributed by atoms with E-state index in [1.165, 1.54) is 17.0 Å². The Hall–Kier alpha value is -3.27. The Balaban J connectivity index is 2.09. The number of benzene rings is 3. The summed E-state index contributed by atoms with van der Waals surface area (Å²) >= 11 is 12.9. The second-order valence-electron chi connectivity index (χ2n) is 9.72. The Morgan fingerprint density at radius 1 is 0.881 bits per heavy atom. The Morgan fingerprint density at radius 2 is 1.50 bits per heavy atom. The van der Waals surface area contributed by atoms with E-state index in [0.29, 0.717) is 34.4 Å². The zero-order valence-electron chi connectivity index (χ0n) is 24.2. The summed E-state index contributed by atoms with van der Waals surface area (Å²) in [6.07, 6.45) is 0.984. The van der Waals surface area contributed by atoms with E-state index < -0.39 is 28.5 Å². The molecule has 2 amide bonds. The normalized spacial score (nSPS) is 12.7. The Bertz CT molecular complexity index is 1430. The van der Waals surface area contributed by atoms with Crippen molar-refractivity contribution in [1.82, 2.24) is 10.2 Å². The number of halogens is 2. The molecule has 8 nitrogen and oxygen atoms in total. The van der Waals surface area contributed by atoms with Crippen LogP contribution in [-0.4, -0.2) is 50.4 Å². The number of hydrogen-bond acceptors (Lipinski definition) is 5. The number of carbonyl (C=O) groups is 2. The Labute approximate surface area is 258 Å². The lowest BCUT2D eigenvalue weighted by molar-refractivity contribution is -0.140. The number of amides is 2. The molecule has 0 aliphatic carbocycles. The molecule has 3 aromatic rings. The van der Waals surface area contributed by atoms with Crippen LogP contribution in [0.15, 0.2) is 77.7 Å². The van der Waals surface area contributed by atoms with Gasteiger partial charge in [0.1, 0.15) is 18.3 Å². The van der Waals surface area contributed by atoms with Gasteiger partial charge < -0.3 is 15.0 Å². The molecule has 0 heterocycles. The summed E-state index contributed by atoms with van der Waals surface area (Å²) in [7, 11) is -4.18. The van der Waals surface area contributed by atoms with Gasteiger partial charge in [-0.05, 0) is 75.2 Å². The number of nitrogens with zero attached hydrogens (tertiary/aromatic N) is 2. The molecule has 226 valence electrons. The number of rotatable bonds is 14. The second-order valence-corrected chi connectivity index (χ2v) is 12.4. The molecule has 0 saturated heterocycles. The molecule has 3 aromatic carbocycles. The monoisotopic (exact) mass is 633 g/mol. The second kappa shape index (κ2) is 15.3. The SMILES string of the molecule is CCOc1ccc(N(CC(=O)N(Cc2c(Cl)cccc2Cl)[C@H](CC)C(=O)N[C@@H](C)CC)S(=O)(=O)c2ccccc2)cc1. The van der Waals surface area contributed by atoms with Crippen LogP contribution in [0.4, 0.5) is 5.69 Å². The molecule has 0 aliphatic rings. The quantitative estimate of drug-likeness (QED) is 0.224. The number of carbonyl (C=O) groups excluding carboxylic acids is 2. The first-order valence-electron chi connectivity index (χ1n) is 13.9. The highest BCUT2D eigenvalue weighted by atomic mass is 35.5. The fraction of sp³-hybridized carbons (Fsp3) is 0.355. The standard InChI is InChI=1S/C31H37Cl2N3O5S/c1-5-22(4)34-31(38)29(6-2)35(20-26-27(32)14-11-15-28(26)33)30(37)21-36(23-16-18-24(19-17-23)41-7-3)42(39,40)25-12-9-8-10-13-25/h8-19,22,29H,5-7,20-21H2,1-4H3,(H,34,38)/t22-,29+/m0/s1. The minimum absolute atomic E-state index is 0.0222. The van der Waals surface area contributed by atoms with Gasteiger partial charge in [-0.25, -0.2) is 8.42 Å². The molecule has 42 heavy (non-hydrogen) atoms. The fourth-order valence-electron chi connectivity index (χ4n) is 4.34. The molecular formula is C31H37Cl2N3O5S. The van der Waals surface area contributed by atoms with Gasteiger partial charge in [0.15, 0.2) is 0 Å². The molecule has 0 spiro atoms. The molecule has 0 unspecified atom stereocenters. The summed E-state index contributed by atoms with van der Waals surface area (Å²) in [6, 6.07) is 18.3. The van der Waals surface area contributed by atoms with Crippen molar-refractivity contribution in [3.05, 3.63) is 88.4 Å². The van der Waals surface area contributed by atoms with Gasteiger partial charge in [0.05, 0.1) is 17.2 Å². The third-order valence-electron chi connectivity index (χ3n) is 6.82. The number of sulfonamides is 1. The van der Waals surface area contributed by atoms with E-state index in [9.17, 15) is 18.0 Å². The van der Waals surface area contributed by atoms with E-state index in [2.05, 4.69) is 5.32 Å². The summed E-state index contributed by atoms with van der Waals surface area (Å²) in [4.78, 5) is 29.0. The van der Waals surface area contributed by atoms with Crippen LogP contribution in [0.25, 0.3) is 0 Å². The van der Waals surface area contributed by atoms with E-state index in [1.807, 2.05) is 20.8 Å².